The first-order valence-electron chi connectivity index (χ1n) is 7.25. The molecule has 6 nitrogen and oxygen atoms in total. The Labute approximate surface area is 145 Å². The summed E-state index contributed by atoms with van der Waals surface area (Å²) in [4.78, 5) is 27.5. The predicted molar refractivity (Wildman–Crippen MR) is 90.1 cm³/mol. The van der Waals surface area contributed by atoms with E-state index in [1.54, 1.807) is 25.1 Å². The van der Waals surface area contributed by atoms with E-state index in [1.807, 2.05) is 0 Å². The largest absolute Gasteiger partial charge is 0.489 e. The number of carbonyl (C=O) groups is 1. The summed E-state index contributed by atoms with van der Waals surface area (Å²) in [6, 6.07) is 8.75. The van der Waals surface area contributed by atoms with Crippen molar-refractivity contribution in [3.05, 3.63) is 74.9 Å². The number of carboxylic acids is 1. The van der Waals surface area contributed by atoms with E-state index in [4.69, 9.17) is 9.84 Å². The van der Waals surface area contributed by atoms with Gasteiger partial charge in [0, 0.05) is 12.3 Å². The normalized spacial score (nSPS) is 10.6. The van der Waals surface area contributed by atoms with Crippen LogP contribution in [0.3, 0.4) is 0 Å². The number of thiazole rings is 1. The molecule has 3 aromatic rings. The molecule has 0 atom stereocenters. The second-order valence-electron chi connectivity index (χ2n) is 5.20. The van der Waals surface area contributed by atoms with Gasteiger partial charge in [-0.2, -0.15) is 0 Å². The molecule has 2 heterocycles. The SMILES string of the molecule is Cc1nc(-n2ccc(OCc3ccc(F)cc3)cc2=O)sc1C(=O)O. The minimum absolute atomic E-state index is 0.0959. The van der Waals surface area contributed by atoms with E-state index in [2.05, 4.69) is 4.98 Å². The van der Waals surface area contributed by atoms with Crippen molar-refractivity contribution in [2.45, 2.75) is 13.5 Å². The molecular formula is C17H13FN2O4S. The molecule has 128 valence electrons. The Kier molecular flexibility index (Phi) is 4.62. The molecule has 0 saturated carbocycles. The van der Waals surface area contributed by atoms with Crippen molar-refractivity contribution < 1.29 is 19.0 Å². The highest BCUT2D eigenvalue weighted by molar-refractivity contribution is 7.16. The van der Waals surface area contributed by atoms with Gasteiger partial charge >= 0.3 is 5.97 Å². The lowest BCUT2D eigenvalue weighted by Gasteiger charge is -2.07. The van der Waals surface area contributed by atoms with Crippen LogP contribution in [0.4, 0.5) is 4.39 Å². The number of benzene rings is 1. The first-order chi connectivity index (χ1) is 11.9. The molecule has 1 N–H and O–H groups in total. The van der Waals surface area contributed by atoms with Crippen LogP contribution < -0.4 is 10.3 Å². The predicted octanol–water partition coefficient (Wildman–Crippen LogP) is 3.02. The molecule has 25 heavy (non-hydrogen) atoms. The quantitative estimate of drug-likeness (QED) is 0.756. The van der Waals surface area contributed by atoms with Gasteiger partial charge in [-0.3, -0.25) is 9.36 Å². The highest BCUT2D eigenvalue weighted by Gasteiger charge is 2.15. The molecule has 0 unspecified atom stereocenters. The fourth-order valence-electron chi connectivity index (χ4n) is 2.14. The monoisotopic (exact) mass is 360 g/mol. The van der Waals surface area contributed by atoms with E-state index in [0.29, 0.717) is 11.4 Å². The van der Waals surface area contributed by atoms with Crippen molar-refractivity contribution in [2.24, 2.45) is 0 Å². The lowest BCUT2D eigenvalue weighted by Crippen LogP contribution is -2.16. The minimum Gasteiger partial charge on any atom is -0.489 e. The van der Waals surface area contributed by atoms with E-state index in [1.165, 1.54) is 29.0 Å². The summed E-state index contributed by atoms with van der Waals surface area (Å²) in [5, 5.41) is 9.36. The highest BCUT2D eigenvalue weighted by atomic mass is 32.1. The van der Waals surface area contributed by atoms with Gasteiger partial charge in [-0.25, -0.2) is 14.2 Å². The standard InChI is InChI=1S/C17H13FN2O4S/c1-10-15(16(22)23)25-17(19-10)20-7-6-13(8-14(20)21)24-9-11-2-4-12(18)5-3-11/h2-8H,9H2,1H3,(H,22,23). The van der Waals surface area contributed by atoms with Gasteiger partial charge in [0.15, 0.2) is 5.13 Å². The zero-order valence-electron chi connectivity index (χ0n) is 13.1. The number of carboxylic acid groups (broad SMARTS) is 1. The van der Waals surface area contributed by atoms with Crippen LogP contribution in [0.25, 0.3) is 5.13 Å². The summed E-state index contributed by atoms with van der Waals surface area (Å²) in [6.07, 6.45) is 1.48. The minimum atomic E-state index is -1.08. The third-order valence-electron chi connectivity index (χ3n) is 3.40. The first kappa shape index (κ1) is 16.8. The molecule has 0 saturated heterocycles. The number of ether oxygens (including phenoxy) is 1. The Morgan fingerprint density at radius 2 is 2.04 bits per heavy atom. The number of pyridine rings is 1. The topological polar surface area (TPSA) is 81.4 Å². The summed E-state index contributed by atoms with van der Waals surface area (Å²) in [7, 11) is 0. The molecule has 0 amide bonds. The van der Waals surface area contributed by atoms with Crippen LogP contribution in [0.5, 0.6) is 5.75 Å². The average molecular weight is 360 g/mol. The van der Waals surface area contributed by atoms with Gasteiger partial charge in [0.25, 0.3) is 5.56 Å². The van der Waals surface area contributed by atoms with Crippen molar-refractivity contribution in [3.8, 4) is 10.9 Å². The van der Waals surface area contributed by atoms with Crippen LogP contribution in [-0.2, 0) is 6.61 Å². The molecule has 0 aliphatic heterocycles. The zero-order valence-corrected chi connectivity index (χ0v) is 13.9. The van der Waals surface area contributed by atoms with Gasteiger partial charge < -0.3 is 9.84 Å². The highest BCUT2D eigenvalue weighted by Crippen LogP contribution is 2.21. The van der Waals surface area contributed by atoms with Gasteiger partial charge in [-0.15, -0.1) is 0 Å². The maximum absolute atomic E-state index is 12.9. The van der Waals surface area contributed by atoms with Crippen molar-refractivity contribution in [1.82, 2.24) is 9.55 Å². The van der Waals surface area contributed by atoms with Gasteiger partial charge in [0.05, 0.1) is 5.69 Å². The van der Waals surface area contributed by atoms with Crippen LogP contribution in [0.15, 0.2) is 47.4 Å². The third-order valence-corrected chi connectivity index (χ3v) is 4.54. The molecular weight excluding hydrogens is 347 g/mol. The summed E-state index contributed by atoms with van der Waals surface area (Å²) < 4.78 is 19.6. The lowest BCUT2D eigenvalue weighted by molar-refractivity contribution is 0.0701. The maximum atomic E-state index is 12.9. The summed E-state index contributed by atoms with van der Waals surface area (Å²) >= 11 is 0.928. The van der Waals surface area contributed by atoms with Gasteiger partial charge in [-0.05, 0) is 30.7 Å². The number of nitrogens with zero attached hydrogens (tertiary/aromatic N) is 2. The number of halogens is 1. The molecule has 8 heteroatoms. The van der Waals surface area contributed by atoms with Crippen molar-refractivity contribution in [2.75, 3.05) is 0 Å². The molecule has 3 rings (SSSR count). The van der Waals surface area contributed by atoms with E-state index in [-0.39, 0.29) is 28.0 Å². The Balaban J connectivity index is 1.79. The number of aryl methyl sites for hydroxylation is 1. The summed E-state index contributed by atoms with van der Waals surface area (Å²) in [5.74, 6) is -1.04. The van der Waals surface area contributed by atoms with Gasteiger partial charge in [-0.1, -0.05) is 23.5 Å². The number of hydrogen-bond donors (Lipinski definition) is 1. The Morgan fingerprint density at radius 1 is 1.32 bits per heavy atom. The number of rotatable bonds is 5. The molecule has 0 spiro atoms. The second-order valence-corrected chi connectivity index (χ2v) is 6.18. The Morgan fingerprint density at radius 3 is 2.64 bits per heavy atom. The van der Waals surface area contributed by atoms with E-state index < -0.39 is 5.97 Å². The third kappa shape index (κ3) is 3.74. The molecule has 1 aromatic carbocycles. The van der Waals surface area contributed by atoms with Crippen LogP contribution in [0.1, 0.15) is 20.9 Å². The number of aromatic nitrogens is 2. The molecule has 0 aliphatic rings. The van der Waals surface area contributed by atoms with Crippen LogP contribution in [0, 0.1) is 12.7 Å². The van der Waals surface area contributed by atoms with Crippen molar-refractivity contribution in [1.29, 1.82) is 0 Å². The molecule has 0 aliphatic carbocycles. The molecule has 0 bridgehead atoms. The van der Waals surface area contributed by atoms with Crippen LogP contribution in [-0.4, -0.2) is 20.6 Å². The van der Waals surface area contributed by atoms with E-state index in [9.17, 15) is 14.0 Å². The molecule has 0 fully saturated rings. The fraction of sp³-hybridized carbons (Fsp3) is 0.118. The van der Waals surface area contributed by atoms with Crippen LogP contribution >= 0.6 is 11.3 Å². The van der Waals surface area contributed by atoms with Gasteiger partial charge in [0.1, 0.15) is 23.1 Å². The fourth-order valence-corrected chi connectivity index (χ4v) is 3.03. The molecule has 0 radical (unpaired) electrons. The average Bonchev–Trinajstić information content (AvgIpc) is 2.96. The Hall–Kier alpha value is -3.00. The first-order valence-corrected chi connectivity index (χ1v) is 8.07. The van der Waals surface area contributed by atoms with E-state index in [0.717, 1.165) is 16.9 Å². The Bertz CT molecular complexity index is 979. The second kappa shape index (κ2) is 6.86. The van der Waals surface area contributed by atoms with E-state index >= 15 is 0 Å². The van der Waals surface area contributed by atoms with Gasteiger partial charge in [0.2, 0.25) is 0 Å². The summed E-state index contributed by atoms with van der Waals surface area (Å²) in [5.41, 5.74) is 0.741. The van der Waals surface area contributed by atoms with Crippen molar-refractivity contribution in [3.63, 3.8) is 0 Å². The summed E-state index contributed by atoms with van der Waals surface area (Å²) in [6.45, 7) is 1.78. The van der Waals surface area contributed by atoms with Crippen LogP contribution in [0.2, 0.25) is 0 Å². The zero-order chi connectivity index (χ0) is 18.0. The van der Waals surface area contributed by atoms with Crippen molar-refractivity contribution >= 4 is 17.3 Å². The number of hydrogen-bond acceptors (Lipinski definition) is 5. The maximum Gasteiger partial charge on any atom is 0.347 e. The smallest absolute Gasteiger partial charge is 0.347 e. The molecule has 2 aromatic heterocycles. The lowest BCUT2D eigenvalue weighted by atomic mass is 10.2. The number of aromatic carboxylic acids is 1.